The zero-order chi connectivity index (χ0) is 16.4. The van der Waals surface area contributed by atoms with E-state index < -0.39 is 29.6 Å². The predicted octanol–water partition coefficient (Wildman–Crippen LogP) is 3.30. The molecule has 0 aromatic heterocycles. The molecule has 1 aliphatic heterocycles. The molecule has 0 aliphatic carbocycles. The number of amides is 2. The fraction of sp³-hybridized carbons (Fsp3) is 0.429. The van der Waals surface area contributed by atoms with Crippen LogP contribution in [0.25, 0.3) is 0 Å². The first-order chi connectivity index (χ1) is 10.3. The zero-order valence-electron chi connectivity index (χ0n) is 11.8. The number of anilines is 1. The van der Waals surface area contributed by atoms with Crippen molar-refractivity contribution in [3.05, 3.63) is 28.2 Å². The van der Waals surface area contributed by atoms with E-state index in [9.17, 15) is 18.4 Å². The molecular weight excluding hydrogens is 362 g/mol. The van der Waals surface area contributed by atoms with Crippen molar-refractivity contribution in [1.82, 2.24) is 4.90 Å². The van der Waals surface area contributed by atoms with Crippen LogP contribution in [0.5, 0.6) is 0 Å². The van der Waals surface area contributed by atoms with E-state index >= 15 is 0 Å². The molecule has 0 radical (unpaired) electrons. The van der Waals surface area contributed by atoms with Crippen LogP contribution in [0.2, 0.25) is 0 Å². The Morgan fingerprint density at radius 3 is 2.64 bits per heavy atom. The minimum absolute atomic E-state index is 0.0297. The van der Waals surface area contributed by atoms with E-state index in [-0.39, 0.29) is 22.6 Å². The summed E-state index contributed by atoms with van der Waals surface area (Å²) in [7, 11) is 0. The van der Waals surface area contributed by atoms with E-state index in [1.807, 2.05) is 6.92 Å². The Kier molecular flexibility index (Phi) is 5.00. The molecule has 2 atom stereocenters. The average Bonchev–Trinajstić information content (AvgIpc) is 2.41. The van der Waals surface area contributed by atoms with Gasteiger partial charge >= 0.3 is 12.0 Å². The molecule has 1 saturated heterocycles. The molecule has 0 spiro atoms. The highest BCUT2D eigenvalue weighted by atomic mass is 79.9. The first-order valence-corrected chi connectivity index (χ1v) is 7.50. The SMILES string of the molecule is CC1CC(C(=O)O)CN(C(=O)Nc2c(F)cc(F)cc2Br)C1. The van der Waals surface area contributed by atoms with Gasteiger partial charge < -0.3 is 15.3 Å². The minimum Gasteiger partial charge on any atom is -0.481 e. The maximum atomic E-state index is 13.7. The molecular formula is C14H15BrF2N2O3. The van der Waals surface area contributed by atoms with Gasteiger partial charge in [0.15, 0.2) is 5.82 Å². The molecule has 1 fully saturated rings. The second-order valence-electron chi connectivity index (χ2n) is 5.46. The van der Waals surface area contributed by atoms with Gasteiger partial charge in [-0.05, 0) is 34.3 Å². The molecule has 8 heteroatoms. The summed E-state index contributed by atoms with van der Waals surface area (Å²) in [5.74, 6) is -3.24. The highest BCUT2D eigenvalue weighted by Gasteiger charge is 2.32. The van der Waals surface area contributed by atoms with Gasteiger partial charge in [0.05, 0.1) is 11.6 Å². The standard InChI is InChI=1S/C14H15BrF2N2O3/c1-7-2-8(13(20)21)6-19(5-7)14(22)18-12-10(15)3-9(16)4-11(12)17/h3-4,7-8H,2,5-6H2,1H3,(H,18,22)(H,20,21). The van der Waals surface area contributed by atoms with E-state index in [0.29, 0.717) is 19.0 Å². The summed E-state index contributed by atoms with van der Waals surface area (Å²) < 4.78 is 26.8. The summed E-state index contributed by atoms with van der Waals surface area (Å²) in [6.07, 6.45) is 0.494. The number of likely N-dealkylation sites (tertiary alicyclic amines) is 1. The van der Waals surface area contributed by atoms with Gasteiger partial charge in [0.1, 0.15) is 5.82 Å². The van der Waals surface area contributed by atoms with Gasteiger partial charge in [-0.3, -0.25) is 4.79 Å². The minimum atomic E-state index is -0.960. The van der Waals surface area contributed by atoms with Gasteiger partial charge in [-0.15, -0.1) is 0 Å². The van der Waals surface area contributed by atoms with Crippen LogP contribution in [0.1, 0.15) is 13.3 Å². The Hall–Kier alpha value is -1.70. The molecule has 1 aliphatic rings. The molecule has 2 rings (SSSR count). The lowest BCUT2D eigenvalue weighted by atomic mass is 9.91. The van der Waals surface area contributed by atoms with Crippen molar-refractivity contribution in [3.8, 4) is 0 Å². The number of piperidine rings is 1. The normalized spacial score (nSPS) is 21.5. The maximum Gasteiger partial charge on any atom is 0.321 e. The van der Waals surface area contributed by atoms with Crippen LogP contribution < -0.4 is 5.32 Å². The highest BCUT2D eigenvalue weighted by molar-refractivity contribution is 9.10. The van der Waals surface area contributed by atoms with Crippen LogP contribution in [0.4, 0.5) is 19.3 Å². The van der Waals surface area contributed by atoms with Crippen molar-refractivity contribution in [2.75, 3.05) is 18.4 Å². The Bertz CT molecular complexity index is 589. The number of carbonyl (C=O) groups is 2. The van der Waals surface area contributed by atoms with Gasteiger partial charge in [-0.25, -0.2) is 13.6 Å². The highest BCUT2D eigenvalue weighted by Crippen LogP contribution is 2.28. The third kappa shape index (κ3) is 3.73. The number of aliphatic carboxylic acids is 1. The quantitative estimate of drug-likeness (QED) is 0.831. The van der Waals surface area contributed by atoms with E-state index in [1.165, 1.54) is 4.90 Å². The van der Waals surface area contributed by atoms with Gasteiger partial charge in [0.25, 0.3) is 0 Å². The zero-order valence-corrected chi connectivity index (χ0v) is 13.4. The number of hydrogen-bond donors (Lipinski definition) is 2. The van der Waals surface area contributed by atoms with Crippen LogP contribution in [0, 0.1) is 23.5 Å². The summed E-state index contributed by atoms with van der Waals surface area (Å²) in [5.41, 5.74) is -0.170. The molecule has 1 aromatic rings. The fourth-order valence-electron chi connectivity index (χ4n) is 2.54. The molecule has 5 nitrogen and oxygen atoms in total. The van der Waals surface area contributed by atoms with Crippen LogP contribution in [0.3, 0.4) is 0 Å². The van der Waals surface area contributed by atoms with E-state index in [2.05, 4.69) is 21.2 Å². The maximum absolute atomic E-state index is 13.7. The van der Waals surface area contributed by atoms with Crippen molar-refractivity contribution in [2.45, 2.75) is 13.3 Å². The number of nitrogens with zero attached hydrogens (tertiary/aromatic N) is 1. The summed E-state index contributed by atoms with van der Waals surface area (Å²) in [5, 5.41) is 11.5. The van der Waals surface area contributed by atoms with Crippen molar-refractivity contribution in [2.24, 2.45) is 11.8 Å². The summed E-state index contributed by atoms with van der Waals surface area (Å²) in [6, 6.07) is 1.10. The topological polar surface area (TPSA) is 69.6 Å². The molecule has 2 amide bonds. The molecule has 120 valence electrons. The van der Waals surface area contributed by atoms with E-state index in [1.54, 1.807) is 0 Å². The number of carbonyl (C=O) groups excluding carboxylic acids is 1. The number of hydrogen-bond acceptors (Lipinski definition) is 2. The fourth-order valence-corrected chi connectivity index (χ4v) is 3.05. The Morgan fingerprint density at radius 2 is 2.05 bits per heavy atom. The van der Waals surface area contributed by atoms with Gasteiger partial charge in [-0.2, -0.15) is 0 Å². The second kappa shape index (κ2) is 6.60. The molecule has 0 saturated carbocycles. The van der Waals surface area contributed by atoms with Crippen LogP contribution in [-0.4, -0.2) is 35.1 Å². The first kappa shape index (κ1) is 16.7. The number of nitrogens with one attached hydrogen (secondary N) is 1. The van der Waals surface area contributed by atoms with Crippen molar-refractivity contribution >= 4 is 33.6 Å². The summed E-state index contributed by atoms with van der Waals surface area (Å²) in [4.78, 5) is 24.7. The molecule has 1 heterocycles. The molecule has 2 N–H and O–H groups in total. The Labute approximate surface area is 134 Å². The number of rotatable bonds is 2. The number of benzene rings is 1. The van der Waals surface area contributed by atoms with Gasteiger partial charge in [0.2, 0.25) is 0 Å². The summed E-state index contributed by atoms with van der Waals surface area (Å²) >= 11 is 2.99. The molecule has 22 heavy (non-hydrogen) atoms. The largest absolute Gasteiger partial charge is 0.481 e. The van der Waals surface area contributed by atoms with Gasteiger partial charge in [0, 0.05) is 23.6 Å². The van der Waals surface area contributed by atoms with Crippen molar-refractivity contribution in [3.63, 3.8) is 0 Å². The number of carboxylic acid groups (broad SMARTS) is 1. The second-order valence-corrected chi connectivity index (χ2v) is 6.31. The molecule has 2 unspecified atom stereocenters. The van der Waals surface area contributed by atoms with Crippen LogP contribution in [-0.2, 0) is 4.79 Å². The Morgan fingerprint density at radius 1 is 1.36 bits per heavy atom. The third-order valence-corrected chi connectivity index (χ3v) is 4.16. The molecule has 0 bridgehead atoms. The number of carboxylic acids is 1. The van der Waals surface area contributed by atoms with Crippen molar-refractivity contribution in [1.29, 1.82) is 0 Å². The number of urea groups is 1. The van der Waals surface area contributed by atoms with Gasteiger partial charge in [-0.1, -0.05) is 6.92 Å². The predicted molar refractivity (Wildman–Crippen MR) is 79.6 cm³/mol. The molecule has 1 aromatic carbocycles. The lowest BCUT2D eigenvalue weighted by molar-refractivity contribution is -0.143. The van der Waals surface area contributed by atoms with Crippen LogP contribution in [0.15, 0.2) is 16.6 Å². The lowest BCUT2D eigenvalue weighted by Crippen LogP contribution is -2.47. The van der Waals surface area contributed by atoms with Crippen molar-refractivity contribution < 1.29 is 23.5 Å². The van der Waals surface area contributed by atoms with E-state index in [4.69, 9.17) is 5.11 Å². The monoisotopic (exact) mass is 376 g/mol. The Balaban J connectivity index is 2.13. The average molecular weight is 377 g/mol. The third-order valence-electron chi connectivity index (χ3n) is 3.53. The number of halogens is 3. The lowest BCUT2D eigenvalue weighted by Gasteiger charge is -2.34. The van der Waals surface area contributed by atoms with Crippen LogP contribution >= 0.6 is 15.9 Å². The smallest absolute Gasteiger partial charge is 0.321 e. The first-order valence-electron chi connectivity index (χ1n) is 6.71. The summed E-state index contributed by atoms with van der Waals surface area (Å²) in [6.45, 7) is 2.30. The van der Waals surface area contributed by atoms with E-state index in [0.717, 1.165) is 6.07 Å².